The smallest absolute Gasteiger partial charge is 0.200 e. The van der Waals surface area contributed by atoms with Gasteiger partial charge in [-0.1, -0.05) is 0 Å². The molecular weight excluding hydrogens is 243 g/mol. The average molecular weight is 251 g/mol. The minimum Gasteiger partial charge on any atom is -0.288 e. The molecule has 0 amide bonds. The summed E-state index contributed by atoms with van der Waals surface area (Å²) >= 11 is 0. The number of carbonyl (C=O) groups excluding carboxylic acids is 1. The van der Waals surface area contributed by atoms with Gasteiger partial charge in [-0.15, -0.1) is 0 Å². The Morgan fingerprint density at radius 1 is 1.17 bits per heavy atom. The summed E-state index contributed by atoms with van der Waals surface area (Å²) in [6.45, 7) is 1.62. The third-order valence-corrected chi connectivity index (χ3v) is 2.52. The molecule has 0 fully saturated rings. The second kappa shape index (κ2) is 4.60. The molecule has 1 aromatic carbocycles. The van der Waals surface area contributed by atoms with E-state index in [0.717, 1.165) is 0 Å². The molecule has 0 radical (unpaired) electrons. The van der Waals surface area contributed by atoms with Crippen LogP contribution in [0.25, 0.3) is 0 Å². The van der Waals surface area contributed by atoms with Gasteiger partial charge >= 0.3 is 0 Å². The van der Waals surface area contributed by atoms with Gasteiger partial charge in [0.15, 0.2) is 0 Å². The molecule has 1 aromatic heterocycles. The van der Waals surface area contributed by atoms with Crippen LogP contribution in [-0.2, 0) is 0 Å². The molecule has 5 heteroatoms. The van der Waals surface area contributed by atoms with E-state index in [1.807, 2.05) is 0 Å². The van der Waals surface area contributed by atoms with E-state index in [2.05, 4.69) is 4.98 Å². The van der Waals surface area contributed by atoms with Gasteiger partial charge < -0.3 is 0 Å². The molecule has 0 spiro atoms. The number of hydrogen-bond donors (Lipinski definition) is 0. The van der Waals surface area contributed by atoms with Gasteiger partial charge in [-0.3, -0.25) is 9.78 Å². The average Bonchev–Trinajstić information content (AvgIpc) is 2.27. The third-order valence-electron chi connectivity index (χ3n) is 2.52. The van der Waals surface area contributed by atoms with E-state index >= 15 is 0 Å². The van der Waals surface area contributed by atoms with Crippen molar-refractivity contribution < 1.29 is 18.0 Å². The molecule has 0 unspecified atom stereocenters. The van der Waals surface area contributed by atoms with Crippen LogP contribution in [0.3, 0.4) is 0 Å². The molecule has 0 aliphatic heterocycles. The Balaban J connectivity index is 2.57. The lowest BCUT2D eigenvalue weighted by Crippen LogP contribution is -2.10. The molecule has 18 heavy (non-hydrogen) atoms. The van der Waals surface area contributed by atoms with Crippen molar-refractivity contribution in [1.82, 2.24) is 4.98 Å². The number of benzene rings is 1. The predicted octanol–water partition coefficient (Wildman–Crippen LogP) is 3.04. The standard InChI is InChI=1S/C13H8F3NO/c1-7-2-3-17-6-9(7)13(18)12-10(15)4-8(14)5-11(12)16/h2-6H,1H3. The van der Waals surface area contributed by atoms with Gasteiger partial charge in [0.05, 0.1) is 5.56 Å². The van der Waals surface area contributed by atoms with Gasteiger partial charge in [0.25, 0.3) is 0 Å². The van der Waals surface area contributed by atoms with Crippen molar-refractivity contribution in [2.75, 3.05) is 0 Å². The van der Waals surface area contributed by atoms with Crippen LogP contribution in [0, 0.1) is 24.4 Å². The van der Waals surface area contributed by atoms with Crippen molar-refractivity contribution in [3.63, 3.8) is 0 Å². The fourth-order valence-corrected chi connectivity index (χ4v) is 1.60. The number of carbonyl (C=O) groups is 1. The van der Waals surface area contributed by atoms with Gasteiger partial charge in [0.2, 0.25) is 5.78 Å². The molecule has 0 saturated carbocycles. The first-order chi connectivity index (χ1) is 8.50. The lowest BCUT2D eigenvalue weighted by Gasteiger charge is -2.06. The fraction of sp³-hybridized carbons (Fsp3) is 0.0769. The number of ketones is 1. The Bertz CT molecular complexity index is 602. The Kier molecular flexibility index (Phi) is 3.14. The maximum absolute atomic E-state index is 13.5. The molecule has 1 heterocycles. The number of rotatable bonds is 2. The number of hydrogen-bond acceptors (Lipinski definition) is 2. The monoisotopic (exact) mass is 251 g/mol. The van der Waals surface area contributed by atoms with Crippen LogP contribution in [0.15, 0.2) is 30.6 Å². The van der Waals surface area contributed by atoms with Crippen LogP contribution >= 0.6 is 0 Å². The molecule has 0 bridgehead atoms. The highest BCUT2D eigenvalue weighted by molar-refractivity contribution is 6.10. The van der Waals surface area contributed by atoms with Gasteiger partial charge in [-0.05, 0) is 18.6 Å². The van der Waals surface area contributed by atoms with E-state index in [1.165, 1.54) is 12.4 Å². The summed E-state index contributed by atoms with van der Waals surface area (Å²) < 4.78 is 39.7. The highest BCUT2D eigenvalue weighted by Gasteiger charge is 2.21. The minimum atomic E-state index is -1.22. The van der Waals surface area contributed by atoms with Gasteiger partial charge in [-0.25, -0.2) is 13.2 Å². The minimum absolute atomic E-state index is 0.0851. The van der Waals surface area contributed by atoms with E-state index in [0.29, 0.717) is 17.7 Å². The fourth-order valence-electron chi connectivity index (χ4n) is 1.60. The first kappa shape index (κ1) is 12.3. The number of pyridine rings is 1. The van der Waals surface area contributed by atoms with Crippen molar-refractivity contribution in [2.45, 2.75) is 6.92 Å². The summed E-state index contributed by atoms with van der Waals surface area (Å²) in [6.07, 6.45) is 2.68. The second-order valence-electron chi connectivity index (χ2n) is 3.76. The second-order valence-corrected chi connectivity index (χ2v) is 3.76. The summed E-state index contributed by atoms with van der Waals surface area (Å²) in [5, 5.41) is 0. The topological polar surface area (TPSA) is 30.0 Å². The Labute approximate surface area is 101 Å². The highest BCUT2D eigenvalue weighted by Crippen LogP contribution is 2.20. The van der Waals surface area contributed by atoms with E-state index in [4.69, 9.17) is 0 Å². The summed E-state index contributed by atoms with van der Waals surface area (Å²) in [4.78, 5) is 15.7. The van der Waals surface area contributed by atoms with E-state index < -0.39 is 28.8 Å². The molecule has 92 valence electrons. The summed E-state index contributed by atoms with van der Waals surface area (Å²) in [7, 11) is 0. The zero-order valence-electron chi connectivity index (χ0n) is 9.38. The summed E-state index contributed by atoms with van der Waals surface area (Å²) in [6, 6.07) is 2.50. The Morgan fingerprint density at radius 2 is 1.78 bits per heavy atom. The molecule has 2 rings (SSSR count). The molecule has 0 aliphatic carbocycles. The van der Waals surface area contributed by atoms with Crippen molar-refractivity contribution in [1.29, 1.82) is 0 Å². The number of aryl methyl sites for hydroxylation is 1. The van der Waals surface area contributed by atoms with Gasteiger partial charge in [-0.2, -0.15) is 0 Å². The van der Waals surface area contributed by atoms with Crippen molar-refractivity contribution in [3.05, 3.63) is 64.7 Å². The number of halogens is 3. The van der Waals surface area contributed by atoms with Gasteiger partial charge in [0, 0.05) is 30.1 Å². The maximum atomic E-state index is 13.5. The SMILES string of the molecule is Cc1ccncc1C(=O)c1c(F)cc(F)cc1F. The first-order valence-corrected chi connectivity index (χ1v) is 5.10. The first-order valence-electron chi connectivity index (χ1n) is 5.10. The van der Waals surface area contributed by atoms with Crippen LogP contribution in [0.2, 0.25) is 0 Å². The number of nitrogens with zero attached hydrogens (tertiary/aromatic N) is 1. The molecular formula is C13H8F3NO. The van der Waals surface area contributed by atoms with Crippen molar-refractivity contribution in [2.24, 2.45) is 0 Å². The predicted molar refractivity (Wildman–Crippen MR) is 58.7 cm³/mol. The third kappa shape index (κ3) is 2.11. The normalized spacial score (nSPS) is 10.4. The van der Waals surface area contributed by atoms with E-state index in [1.54, 1.807) is 13.0 Å². The lowest BCUT2D eigenvalue weighted by atomic mass is 10.0. The van der Waals surface area contributed by atoms with Crippen LogP contribution < -0.4 is 0 Å². The van der Waals surface area contributed by atoms with Crippen LogP contribution in [0.5, 0.6) is 0 Å². The Morgan fingerprint density at radius 3 is 2.33 bits per heavy atom. The Hall–Kier alpha value is -2.17. The zero-order chi connectivity index (χ0) is 13.3. The van der Waals surface area contributed by atoms with E-state index in [9.17, 15) is 18.0 Å². The highest BCUT2D eigenvalue weighted by atomic mass is 19.1. The van der Waals surface area contributed by atoms with Crippen LogP contribution in [0.4, 0.5) is 13.2 Å². The number of aromatic nitrogens is 1. The molecule has 0 aliphatic rings. The summed E-state index contributed by atoms with van der Waals surface area (Å²) in [5.41, 5.74) is -0.146. The molecule has 2 aromatic rings. The van der Waals surface area contributed by atoms with Crippen molar-refractivity contribution in [3.8, 4) is 0 Å². The molecule has 0 N–H and O–H groups in total. The molecule has 0 saturated heterocycles. The largest absolute Gasteiger partial charge is 0.288 e. The maximum Gasteiger partial charge on any atom is 0.200 e. The molecule has 0 atom stereocenters. The van der Waals surface area contributed by atoms with Crippen LogP contribution in [-0.4, -0.2) is 10.8 Å². The van der Waals surface area contributed by atoms with E-state index in [-0.39, 0.29) is 5.56 Å². The zero-order valence-corrected chi connectivity index (χ0v) is 9.38. The van der Waals surface area contributed by atoms with Crippen molar-refractivity contribution >= 4 is 5.78 Å². The quantitative estimate of drug-likeness (QED) is 0.768. The summed E-state index contributed by atoms with van der Waals surface area (Å²) in [5.74, 6) is -4.36. The van der Waals surface area contributed by atoms with Gasteiger partial charge in [0.1, 0.15) is 17.5 Å². The molecule has 2 nitrogen and oxygen atoms in total. The van der Waals surface area contributed by atoms with Crippen LogP contribution in [0.1, 0.15) is 21.5 Å². The lowest BCUT2D eigenvalue weighted by molar-refractivity contribution is 0.103.